The van der Waals surface area contributed by atoms with E-state index in [1.807, 2.05) is 218 Å². The Bertz CT molecular complexity index is 6830. The molecule has 0 saturated heterocycles. The molecule has 112 heavy (non-hydrogen) atoms. The van der Waals surface area contributed by atoms with Crippen molar-refractivity contribution in [3.8, 4) is 171 Å². The van der Waals surface area contributed by atoms with Crippen LogP contribution in [0.4, 0.5) is 0 Å². The molecule has 0 fully saturated rings. The lowest BCUT2D eigenvalue weighted by Gasteiger charge is -2.17. The van der Waals surface area contributed by atoms with Crippen LogP contribution >= 0.6 is 0 Å². The Hall–Kier alpha value is -16.1. The van der Waals surface area contributed by atoms with E-state index >= 15 is 0 Å². The van der Waals surface area contributed by atoms with Gasteiger partial charge in [-0.05, 0) is 176 Å². The van der Waals surface area contributed by atoms with Crippen LogP contribution in [-0.4, -0.2) is 39.0 Å². The maximum absolute atomic E-state index is 10.5. The number of aromatic nitrogens is 8. The van der Waals surface area contributed by atoms with Crippen molar-refractivity contribution in [3.05, 3.63) is 374 Å². The van der Waals surface area contributed by atoms with E-state index in [0.29, 0.717) is 57.2 Å². The Morgan fingerprint density at radius 2 is 0.464 bits per heavy atom. The van der Waals surface area contributed by atoms with Crippen molar-refractivity contribution in [3.63, 3.8) is 0 Å². The van der Waals surface area contributed by atoms with Gasteiger partial charge in [0.2, 0.25) is 0 Å². The molecule has 15 aromatic carbocycles. The van der Waals surface area contributed by atoms with Gasteiger partial charge in [-0.2, -0.15) is 21.0 Å². The Morgan fingerprint density at radius 1 is 0.188 bits per heavy atom. The number of nitrogens with zero attached hydrogens (tertiary/aromatic N) is 12. The fraction of sp³-hybridized carbons (Fsp3) is 0. The second-order valence-corrected chi connectivity index (χ2v) is 27.4. The third-order valence-corrected chi connectivity index (χ3v) is 20.8. The highest BCUT2D eigenvalue weighted by molar-refractivity contribution is 6.14. The molecule has 0 aliphatic carbocycles. The summed E-state index contributed by atoms with van der Waals surface area (Å²) in [6.45, 7) is 0. The first-order chi connectivity index (χ1) is 55.3. The highest BCUT2D eigenvalue weighted by Crippen LogP contribution is 2.45. The maximum Gasteiger partial charge on any atom is 0.166 e. The van der Waals surface area contributed by atoms with Gasteiger partial charge in [0, 0.05) is 60.6 Å². The molecule has 0 atom stereocenters. The van der Waals surface area contributed by atoms with Gasteiger partial charge in [-0.15, -0.1) is 0 Å². The van der Waals surface area contributed by atoms with Gasteiger partial charge in [0.25, 0.3) is 0 Å². The Labute approximate surface area is 644 Å². The van der Waals surface area contributed by atoms with Crippen LogP contribution in [0.15, 0.2) is 352 Å². The molecule has 0 radical (unpaired) electrons. The number of rotatable bonds is 14. The summed E-state index contributed by atoms with van der Waals surface area (Å²) in [5.41, 5.74) is 22.7. The zero-order valence-corrected chi connectivity index (χ0v) is 59.9. The van der Waals surface area contributed by atoms with Crippen molar-refractivity contribution < 1.29 is 0 Å². The lowest BCUT2D eigenvalue weighted by Crippen LogP contribution is -2.04. The van der Waals surface area contributed by atoms with Crippen LogP contribution in [0, 0.1) is 45.3 Å². The summed E-state index contributed by atoms with van der Waals surface area (Å²) in [4.78, 5) is 31.9. The van der Waals surface area contributed by atoms with Crippen molar-refractivity contribution >= 4 is 43.6 Å². The molecule has 12 heteroatoms. The summed E-state index contributed by atoms with van der Waals surface area (Å²) >= 11 is 0. The van der Waals surface area contributed by atoms with E-state index in [4.69, 9.17) is 29.9 Å². The SMILES string of the molecule is N#Cc1ccccc1-c1ccc2c(c1)c1cc(-c3ccccc3C#N)ccc1n2-c1cc(-c2cccc(-c3ccc(-n4c5ccc(-c6ccccc6C#N)cc5c5cc(-c6ccccc6C#N)ccc54)c(-c4nc(-c5ccccc5)nc(-c5ccccc5)n4)c3)c2)cc(-c2nc(-c3ccccc3)nc(-c3ccccc3)n2)c1. The monoisotopic (exact) mass is 1430 g/mol. The molecule has 0 saturated carbocycles. The molecule has 518 valence electrons. The molecular weight excluding hydrogens is 1370 g/mol. The standard InChI is InChI=1S/C100H58N12/c101-59-74-30-13-17-36-81(74)70-41-46-90-85(55-70)86-56-71(82-37-18-14-31-75(82)60-102)42-47-91(86)111(90)80-52-78(51-79(53-80)99-107-95(63-22-5-1-6-23-63)105-96(108-99)64-24-7-2-8-25-64)68-35-21-34-67(50-68)69-40-45-94(89(54-69)100-109-97(65-26-9-3-10-27-65)106-98(110-100)66-28-11-4-12-29-66)112-92-48-43-72(83-38-19-15-32-76(83)61-103)57-87(92)88-58-73(44-49-93(88)112)84-39-20-16-33-77(84)62-104/h1-58H. The van der Waals surface area contributed by atoms with Gasteiger partial charge in [0.1, 0.15) is 0 Å². The number of benzene rings is 15. The third kappa shape index (κ3) is 12.1. The Balaban J connectivity index is 0.849. The lowest BCUT2D eigenvalue weighted by atomic mass is 9.95. The minimum Gasteiger partial charge on any atom is -0.309 e. The predicted octanol–water partition coefficient (Wildman–Crippen LogP) is 23.7. The number of hydrogen-bond acceptors (Lipinski definition) is 10. The topological polar surface area (TPSA) is 182 Å². The summed E-state index contributed by atoms with van der Waals surface area (Å²) < 4.78 is 4.57. The van der Waals surface area contributed by atoms with Gasteiger partial charge in [-0.1, -0.05) is 243 Å². The number of fused-ring (bicyclic) bond motifs is 6. The van der Waals surface area contributed by atoms with E-state index in [1.54, 1.807) is 0 Å². The van der Waals surface area contributed by atoms with E-state index in [0.717, 1.165) is 155 Å². The van der Waals surface area contributed by atoms with Gasteiger partial charge in [0.05, 0.1) is 74.3 Å². The molecular formula is C100H58N12. The van der Waals surface area contributed by atoms with Crippen LogP contribution < -0.4 is 0 Å². The van der Waals surface area contributed by atoms with Crippen molar-refractivity contribution in [2.45, 2.75) is 0 Å². The van der Waals surface area contributed by atoms with Crippen LogP contribution in [0.25, 0.3) is 190 Å². The fourth-order valence-electron chi connectivity index (χ4n) is 15.5. The van der Waals surface area contributed by atoms with Gasteiger partial charge in [-0.3, -0.25) is 0 Å². The zero-order chi connectivity index (χ0) is 75.2. The molecule has 4 aromatic heterocycles. The summed E-state index contributed by atoms with van der Waals surface area (Å²) in [6.07, 6.45) is 0. The molecule has 0 amide bonds. The predicted molar refractivity (Wildman–Crippen MR) is 446 cm³/mol. The molecule has 19 aromatic rings. The van der Waals surface area contributed by atoms with E-state index in [1.165, 1.54) is 0 Å². The molecule has 0 spiro atoms. The summed E-state index contributed by atoms with van der Waals surface area (Å²) in [5, 5.41) is 45.6. The molecule has 19 rings (SSSR count). The van der Waals surface area contributed by atoms with Crippen LogP contribution in [0.5, 0.6) is 0 Å². The maximum atomic E-state index is 10.5. The summed E-state index contributed by atoms with van der Waals surface area (Å²) in [7, 11) is 0. The zero-order valence-electron chi connectivity index (χ0n) is 59.9. The third-order valence-electron chi connectivity index (χ3n) is 20.8. The highest BCUT2D eigenvalue weighted by atomic mass is 15.1. The van der Waals surface area contributed by atoms with E-state index < -0.39 is 0 Å². The lowest BCUT2D eigenvalue weighted by molar-refractivity contribution is 1.06. The largest absolute Gasteiger partial charge is 0.309 e. The van der Waals surface area contributed by atoms with Gasteiger partial charge < -0.3 is 9.13 Å². The Kier molecular flexibility index (Phi) is 16.8. The van der Waals surface area contributed by atoms with E-state index in [2.05, 4.69) is 167 Å². The second kappa shape index (κ2) is 28.3. The van der Waals surface area contributed by atoms with E-state index in [-0.39, 0.29) is 0 Å². The first-order valence-corrected chi connectivity index (χ1v) is 36.6. The second-order valence-electron chi connectivity index (χ2n) is 27.4. The molecule has 12 nitrogen and oxygen atoms in total. The van der Waals surface area contributed by atoms with Gasteiger partial charge in [-0.25, -0.2) is 29.9 Å². The van der Waals surface area contributed by atoms with Crippen molar-refractivity contribution in [1.29, 1.82) is 21.0 Å². The molecule has 0 bridgehead atoms. The van der Waals surface area contributed by atoms with Crippen LogP contribution in [0.2, 0.25) is 0 Å². The van der Waals surface area contributed by atoms with Crippen LogP contribution in [-0.2, 0) is 0 Å². The highest BCUT2D eigenvalue weighted by Gasteiger charge is 2.25. The normalized spacial score (nSPS) is 11.2. The minimum atomic E-state index is 0.447. The minimum absolute atomic E-state index is 0.447. The first-order valence-electron chi connectivity index (χ1n) is 36.6. The fourth-order valence-corrected chi connectivity index (χ4v) is 15.5. The van der Waals surface area contributed by atoms with Crippen molar-refractivity contribution in [2.24, 2.45) is 0 Å². The molecule has 0 unspecified atom stereocenters. The van der Waals surface area contributed by atoms with Crippen LogP contribution in [0.3, 0.4) is 0 Å². The quantitative estimate of drug-likeness (QED) is 0.102. The van der Waals surface area contributed by atoms with Crippen LogP contribution in [0.1, 0.15) is 22.3 Å². The average molecular weight is 1430 g/mol. The number of nitriles is 4. The van der Waals surface area contributed by atoms with Crippen molar-refractivity contribution in [2.75, 3.05) is 0 Å². The summed E-state index contributed by atoms with van der Waals surface area (Å²) in [6, 6.07) is 128. The van der Waals surface area contributed by atoms with Gasteiger partial charge in [0.15, 0.2) is 34.9 Å². The van der Waals surface area contributed by atoms with Gasteiger partial charge >= 0.3 is 0 Å². The molecule has 4 heterocycles. The molecule has 0 aliphatic rings. The molecule has 0 aliphatic heterocycles. The average Bonchev–Trinajstić information content (AvgIpc) is 1.62. The summed E-state index contributed by atoms with van der Waals surface area (Å²) in [5.74, 6) is 2.97. The van der Waals surface area contributed by atoms with Crippen molar-refractivity contribution in [1.82, 2.24) is 39.0 Å². The Morgan fingerprint density at radius 3 is 0.830 bits per heavy atom. The first kappa shape index (κ1) is 66.6. The molecule has 0 N–H and O–H groups in total. The number of hydrogen-bond donors (Lipinski definition) is 0. The van der Waals surface area contributed by atoms with E-state index in [9.17, 15) is 21.0 Å². The smallest absolute Gasteiger partial charge is 0.166 e.